The largest absolute Gasteiger partial charge is 0.325 e. The van der Waals surface area contributed by atoms with E-state index < -0.39 is 0 Å². The van der Waals surface area contributed by atoms with Gasteiger partial charge >= 0.3 is 0 Å². The summed E-state index contributed by atoms with van der Waals surface area (Å²) in [5.74, 6) is -0.0214. The predicted molar refractivity (Wildman–Crippen MR) is 95.0 cm³/mol. The van der Waals surface area contributed by atoms with Crippen LogP contribution in [0.2, 0.25) is 0 Å². The third-order valence-corrected chi connectivity index (χ3v) is 4.77. The number of thioether (sulfide) groups is 1. The molecule has 0 aliphatic heterocycles. The molecule has 0 saturated heterocycles. The lowest BCUT2D eigenvalue weighted by molar-refractivity contribution is -0.115. The van der Waals surface area contributed by atoms with Gasteiger partial charge in [-0.1, -0.05) is 36.9 Å². The zero-order valence-electron chi connectivity index (χ0n) is 13.2. The average molecular weight is 325 g/mol. The molecule has 1 unspecified atom stereocenters. The number of nitrogens with one attached hydrogen (secondary N) is 1. The summed E-state index contributed by atoms with van der Waals surface area (Å²) in [6.45, 7) is 4.01. The number of carbonyl (C=O) groups is 1. The zero-order valence-corrected chi connectivity index (χ0v) is 14.0. The van der Waals surface area contributed by atoms with Crippen molar-refractivity contribution in [3.63, 3.8) is 0 Å². The van der Waals surface area contributed by atoms with Crippen molar-refractivity contribution in [1.29, 1.82) is 0 Å². The van der Waals surface area contributed by atoms with Crippen molar-refractivity contribution in [2.24, 2.45) is 0 Å². The van der Waals surface area contributed by atoms with Crippen molar-refractivity contribution in [3.8, 4) is 0 Å². The minimum atomic E-state index is -0.230. The quantitative estimate of drug-likeness (QED) is 0.721. The van der Waals surface area contributed by atoms with Gasteiger partial charge in [-0.15, -0.1) is 0 Å². The van der Waals surface area contributed by atoms with Gasteiger partial charge in [-0.25, -0.2) is 4.98 Å². The Balaban J connectivity index is 1.67. The lowest BCUT2D eigenvalue weighted by Crippen LogP contribution is -2.22. The van der Waals surface area contributed by atoms with E-state index in [1.807, 2.05) is 66.2 Å². The molecule has 0 aliphatic carbocycles. The van der Waals surface area contributed by atoms with Crippen molar-refractivity contribution in [3.05, 3.63) is 60.4 Å². The van der Waals surface area contributed by atoms with Crippen LogP contribution in [0.1, 0.15) is 19.4 Å². The molecule has 4 nitrogen and oxygen atoms in total. The van der Waals surface area contributed by atoms with Gasteiger partial charge in [0.15, 0.2) is 5.16 Å². The van der Waals surface area contributed by atoms with E-state index in [0.717, 1.165) is 22.8 Å². The lowest BCUT2D eigenvalue weighted by atomic mass is 10.1. The van der Waals surface area contributed by atoms with Crippen molar-refractivity contribution in [2.45, 2.75) is 30.7 Å². The van der Waals surface area contributed by atoms with Gasteiger partial charge in [0, 0.05) is 11.9 Å². The van der Waals surface area contributed by atoms with Gasteiger partial charge in [-0.3, -0.25) is 9.20 Å². The maximum atomic E-state index is 12.4. The Morgan fingerprint density at radius 3 is 2.78 bits per heavy atom. The van der Waals surface area contributed by atoms with Gasteiger partial charge in [0.1, 0.15) is 0 Å². The highest BCUT2D eigenvalue weighted by atomic mass is 32.2. The smallest absolute Gasteiger partial charge is 0.237 e. The maximum absolute atomic E-state index is 12.4. The molecule has 23 heavy (non-hydrogen) atoms. The van der Waals surface area contributed by atoms with E-state index in [-0.39, 0.29) is 11.2 Å². The second-order valence-electron chi connectivity index (χ2n) is 5.34. The summed E-state index contributed by atoms with van der Waals surface area (Å²) in [5, 5.41) is 3.55. The van der Waals surface area contributed by atoms with Crippen LogP contribution in [0.25, 0.3) is 5.52 Å². The number of nitrogens with zero attached hydrogens (tertiary/aromatic N) is 2. The number of imidazole rings is 1. The van der Waals surface area contributed by atoms with Crippen LogP contribution in [0.3, 0.4) is 0 Å². The van der Waals surface area contributed by atoms with E-state index in [1.165, 1.54) is 17.3 Å². The Kier molecular flexibility index (Phi) is 4.67. The van der Waals surface area contributed by atoms with Crippen LogP contribution in [0.15, 0.2) is 60.0 Å². The number of hydrogen-bond acceptors (Lipinski definition) is 3. The van der Waals surface area contributed by atoms with Gasteiger partial charge in [0.25, 0.3) is 0 Å². The van der Waals surface area contributed by atoms with Gasteiger partial charge in [0.2, 0.25) is 5.91 Å². The molecule has 5 heteroatoms. The first-order valence-electron chi connectivity index (χ1n) is 7.66. The Labute approximate surface area is 139 Å². The summed E-state index contributed by atoms with van der Waals surface area (Å²) in [6.07, 6.45) is 4.77. The molecule has 1 aromatic carbocycles. The molecule has 1 atom stereocenters. The molecule has 0 saturated carbocycles. The highest BCUT2D eigenvalue weighted by Crippen LogP contribution is 2.24. The molecule has 2 aromatic heterocycles. The molecule has 0 fully saturated rings. The van der Waals surface area contributed by atoms with Crippen LogP contribution >= 0.6 is 11.8 Å². The second-order valence-corrected chi connectivity index (χ2v) is 6.64. The molecule has 1 amide bonds. The molecule has 3 aromatic rings. The number of amides is 1. The molecule has 118 valence electrons. The first-order valence-corrected chi connectivity index (χ1v) is 8.54. The number of aromatic nitrogens is 2. The van der Waals surface area contributed by atoms with E-state index in [2.05, 4.69) is 17.2 Å². The summed E-state index contributed by atoms with van der Waals surface area (Å²) < 4.78 is 1.99. The lowest BCUT2D eigenvalue weighted by Gasteiger charge is -2.11. The average Bonchev–Trinajstić information content (AvgIpc) is 2.98. The second kappa shape index (κ2) is 6.87. The van der Waals surface area contributed by atoms with Gasteiger partial charge in [-0.2, -0.15) is 0 Å². The number of fused-ring (bicyclic) bond motifs is 1. The SMILES string of the molecule is CCc1ccc(NC(=O)C(C)Sc2ncc3ccccn23)cc1. The van der Waals surface area contributed by atoms with Gasteiger partial charge in [0.05, 0.1) is 17.0 Å². The van der Waals surface area contributed by atoms with E-state index in [0.29, 0.717) is 0 Å². The summed E-state index contributed by atoms with van der Waals surface area (Å²) in [5.41, 5.74) is 3.11. The Bertz CT molecular complexity index is 811. The van der Waals surface area contributed by atoms with E-state index in [4.69, 9.17) is 0 Å². The van der Waals surface area contributed by atoms with Gasteiger partial charge in [-0.05, 0) is 43.2 Å². The fourth-order valence-electron chi connectivity index (χ4n) is 2.29. The monoisotopic (exact) mass is 325 g/mol. The van der Waals surface area contributed by atoms with Gasteiger partial charge < -0.3 is 5.32 Å². The number of benzene rings is 1. The normalized spacial score (nSPS) is 12.3. The molecular formula is C18H19N3OS. The van der Waals surface area contributed by atoms with Crippen LogP contribution in [0.4, 0.5) is 5.69 Å². The summed E-state index contributed by atoms with van der Waals surface area (Å²) >= 11 is 1.45. The van der Waals surface area contributed by atoms with Crippen LogP contribution < -0.4 is 5.32 Å². The predicted octanol–water partition coefficient (Wildman–Crippen LogP) is 4.02. The number of pyridine rings is 1. The van der Waals surface area contributed by atoms with Crippen molar-refractivity contribution >= 4 is 28.9 Å². The number of carbonyl (C=O) groups excluding carboxylic acids is 1. The fraction of sp³-hybridized carbons (Fsp3) is 0.222. The summed E-state index contributed by atoms with van der Waals surface area (Å²) in [6, 6.07) is 13.9. The zero-order chi connectivity index (χ0) is 16.2. The summed E-state index contributed by atoms with van der Waals surface area (Å²) in [7, 11) is 0. The Hall–Kier alpha value is -2.27. The number of aryl methyl sites for hydroxylation is 1. The van der Waals surface area contributed by atoms with E-state index in [1.54, 1.807) is 0 Å². The molecule has 3 rings (SSSR count). The molecule has 0 aliphatic rings. The topological polar surface area (TPSA) is 46.4 Å². The number of hydrogen-bond donors (Lipinski definition) is 1. The summed E-state index contributed by atoms with van der Waals surface area (Å²) in [4.78, 5) is 16.8. The maximum Gasteiger partial charge on any atom is 0.237 e. The molecule has 2 heterocycles. The molecule has 0 bridgehead atoms. The molecular weight excluding hydrogens is 306 g/mol. The molecule has 0 radical (unpaired) electrons. The minimum Gasteiger partial charge on any atom is -0.325 e. The first kappa shape index (κ1) is 15.6. The number of rotatable bonds is 5. The molecule has 0 spiro atoms. The minimum absolute atomic E-state index is 0.0214. The highest BCUT2D eigenvalue weighted by Gasteiger charge is 2.17. The van der Waals surface area contributed by atoms with Crippen molar-refractivity contribution in [1.82, 2.24) is 9.38 Å². The highest BCUT2D eigenvalue weighted by molar-refractivity contribution is 8.00. The Morgan fingerprint density at radius 1 is 1.26 bits per heavy atom. The van der Waals surface area contributed by atoms with Crippen LogP contribution in [-0.4, -0.2) is 20.5 Å². The number of anilines is 1. The first-order chi connectivity index (χ1) is 11.2. The third kappa shape index (κ3) is 3.56. The Morgan fingerprint density at radius 2 is 2.04 bits per heavy atom. The van der Waals surface area contributed by atoms with Crippen LogP contribution in [-0.2, 0) is 11.2 Å². The van der Waals surface area contributed by atoms with E-state index in [9.17, 15) is 4.79 Å². The molecule has 1 N–H and O–H groups in total. The van der Waals surface area contributed by atoms with Crippen molar-refractivity contribution in [2.75, 3.05) is 5.32 Å². The third-order valence-electron chi connectivity index (χ3n) is 3.69. The van der Waals surface area contributed by atoms with Crippen molar-refractivity contribution < 1.29 is 4.79 Å². The van der Waals surface area contributed by atoms with Crippen LogP contribution in [0, 0.1) is 0 Å². The standard InChI is InChI=1S/C18H19N3OS/c1-3-14-7-9-15(10-8-14)20-17(22)13(2)23-18-19-12-16-6-4-5-11-21(16)18/h4-13H,3H2,1-2H3,(H,20,22). The fourth-order valence-corrected chi connectivity index (χ4v) is 3.16. The van der Waals surface area contributed by atoms with Crippen LogP contribution in [0.5, 0.6) is 0 Å². The van der Waals surface area contributed by atoms with E-state index >= 15 is 0 Å².